The zero-order chi connectivity index (χ0) is 23.8. The molecule has 0 saturated carbocycles. The van der Waals surface area contributed by atoms with Gasteiger partial charge in [-0.25, -0.2) is 4.98 Å². The normalized spacial score (nSPS) is 15.6. The van der Waals surface area contributed by atoms with Crippen LogP contribution >= 0.6 is 11.6 Å². The summed E-state index contributed by atoms with van der Waals surface area (Å²) in [5.74, 6) is 0.803. The summed E-state index contributed by atoms with van der Waals surface area (Å²) in [5.41, 5.74) is 1.56. The van der Waals surface area contributed by atoms with Gasteiger partial charge in [0.15, 0.2) is 11.6 Å². The summed E-state index contributed by atoms with van der Waals surface area (Å²) < 4.78 is 42.0. The summed E-state index contributed by atoms with van der Waals surface area (Å²) in [6, 6.07) is 4.57. The summed E-state index contributed by atoms with van der Waals surface area (Å²) in [4.78, 5) is 10.6. The monoisotopic (exact) mass is 479 g/mol. The van der Waals surface area contributed by atoms with Crippen LogP contribution in [0.5, 0.6) is 0 Å². The van der Waals surface area contributed by atoms with Crippen molar-refractivity contribution in [1.29, 1.82) is 0 Å². The highest BCUT2D eigenvalue weighted by atomic mass is 35.5. The maximum absolute atomic E-state index is 14.0. The molecule has 1 saturated heterocycles. The van der Waals surface area contributed by atoms with Gasteiger partial charge in [-0.3, -0.25) is 5.10 Å². The van der Waals surface area contributed by atoms with Crippen LogP contribution in [0.2, 0.25) is 5.02 Å². The Bertz CT molecular complexity index is 1140. The Kier molecular flexibility index (Phi) is 6.49. The Morgan fingerprint density at radius 3 is 2.48 bits per heavy atom. The average molecular weight is 480 g/mol. The standard InChI is InChI=1S/C22H25ClF3N7/c1-12-8-15(14-4-6-33(3)7-5-14)16(22(24,25)26)10-18(12)28-21-27-11-17(23)20(30-21)29-19-9-13(2)31-32-19/h8-11,14H,4-7H2,1-3H3,(H3,27,28,29,30,31,32). The van der Waals surface area contributed by atoms with Crippen LogP contribution in [0.3, 0.4) is 0 Å². The van der Waals surface area contributed by atoms with E-state index in [9.17, 15) is 13.2 Å². The number of aromatic nitrogens is 4. The number of aromatic amines is 1. The second kappa shape index (κ2) is 9.18. The number of piperidine rings is 1. The van der Waals surface area contributed by atoms with Crippen LogP contribution in [-0.4, -0.2) is 45.2 Å². The van der Waals surface area contributed by atoms with Gasteiger partial charge < -0.3 is 15.5 Å². The van der Waals surface area contributed by atoms with Gasteiger partial charge in [0.05, 0.1) is 11.8 Å². The van der Waals surface area contributed by atoms with Crippen LogP contribution in [0.4, 0.5) is 36.4 Å². The molecule has 0 amide bonds. The molecule has 33 heavy (non-hydrogen) atoms. The van der Waals surface area contributed by atoms with Gasteiger partial charge in [-0.2, -0.15) is 23.3 Å². The first kappa shape index (κ1) is 23.3. The summed E-state index contributed by atoms with van der Waals surface area (Å²) in [6.45, 7) is 5.20. The molecule has 0 unspecified atom stereocenters. The lowest BCUT2D eigenvalue weighted by atomic mass is 9.85. The Balaban J connectivity index is 1.63. The van der Waals surface area contributed by atoms with Gasteiger partial charge in [-0.1, -0.05) is 17.7 Å². The molecule has 1 fully saturated rings. The molecule has 2 aromatic heterocycles. The van der Waals surface area contributed by atoms with E-state index >= 15 is 0 Å². The summed E-state index contributed by atoms with van der Waals surface area (Å²) in [6.07, 6.45) is -1.68. The van der Waals surface area contributed by atoms with Gasteiger partial charge in [-0.05, 0) is 69.9 Å². The molecule has 4 rings (SSSR count). The van der Waals surface area contributed by atoms with Crippen LogP contribution in [-0.2, 0) is 6.18 Å². The number of nitrogens with zero attached hydrogens (tertiary/aromatic N) is 4. The number of benzene rings is 1. The lowest BCUT2D eigenvalue weighted by Crippen LogP contribution is -2.30. The van der Waals surface area contributed by atoms with E-state index in [1.165, 1.54) is 6.20 Å². The number of anilines is 4. The van der Waals surface area contributed by atoms with E-state index in [2.05, 4.69) is 35.7 Å². The van der Waals surface area contributed by atoms with Crippen molar-refractivity contribution in [3.05, 3.63) is 51.8 Å². The van der Waals surface area contributed by atoms with E-state index in [0.717, 1.165) is 24.8 Å². The number of nitrogens with one attached hydrogen (secondary N) is 3. The molecule has 11 heteroatoms. The smallest absolute Gasteiger partial charge is 0.324 e. The lowest BCUT2D eigenvalue weighted by molar-refractivity contribution is -0.138. The molecule has 1 aromatic carbocycles. The SMILES string of the molecule is Cc1cc(Nc2nc(Nc3cc(C(F)(F)F)c(C4CCN(C)CC4)cc3C)ncc2Cl)n[nH]1. The second-order valence-electron chi connectivity index (χ2n) is 8.41. The molecule has 3 heterocycles. The van der Waals surface area contributed by atoms with Crippen LogP contribution in [0.25, 0.3) is 0 Å². The van der Waals surface area contributed by atoms with E-state index in [-0.39, 0.29) is 22.7 Å². The minimum absolute atomic E-state index is 0.120. The fourth-order valence-electron chi connectivity index (χ4n) is 4.01. The molecule has 0 aliphatic carbocycles. The van der Waals surface area contributed by atoms with Crippen molar-refractivity contribution in [2.24, 2.45) is 0 Å². The van der Waals surface area contributed by atoms with Gasteiger partial charge in [0.1, 0.15) is 5.02 Å². The molecule has 0 bridgehead atoms. The zero-order valence-corrected chi connectivity index (χ0v) is 19.3. The summed E-state index contributed by atoms with van der Waals surface area (Å²) in [5, 5.41) is 13.0. The zero-order valence-electron chi connectivity index (χ0n) is 18.5. The number of H-pyrrole nitrogens is 1. The molecular formula is C22H25ClF3N7. The van der Waals surface area contributed by atoms with E-state index < -0.39 is 11.7 Å². The first-order chi connectivity index (χ1) is 15.6. The third-order valence-electron chi connectivity index (χ3n) is 5.80. The third kappa shape index (κ3) is 5.39. The molecule has 0 spiro atoms. The predicted molar refractivity (Wildman–Crippen MR) is 123 cm³/mol. The molecule has 1 aliphatic rings. The Labute approximate surface area is 194 Å². The maximum Gasteiger partial charge on any atom is 0.416 e. The van der Waals surface area contributed by atoms with Crippen molar-refractivity contribution >= 4 is 34.9 Å². The van der Waals surface area contributed by atoms with Gasteiger partial charge in [0, 0.05) is 17.4 Å². The first-order valence-corrected chi connectivity index (χ1v) is 11.0. The van der Waals surface area contributed by atoms with Crippen molar-refractivity contribution in [1.82, 2.24) is 25.1 Å². The molecule has 3 aromatic rings. The first-order valence-electron chi connectivity index (χ1n) is 10.6. The third-order valence-corrected chi connectivity index (χ3v) is 6.08. The molecule has 0 radical (unpaired) electrons. The maximum atomic E-state index is 14.0. The lowest BCUT2D eigenvalue weighted by Gasteiger charge is -2.31. The second-order valence-corrected chi connectivity index (χ2v) is 8.81. The van der Waals surface area contributed by atoms with Gasteiger partial charge in [0.25, 0.3) is 0 Å². The molecule has 7 nitrogen and oxygen atoms in total. The Morgan fingerprint density at radius 1 is 1.12 bits per heavy atom. The van der Waals surface area contributed by atoms with Crippen molar-refractivity contribution in [2.45, 2.75) is 38.8 Å². The fraction of sp³-hybridized carbons (Fsp3) is 0.409. The molecular weight excluding hydrogens is 455 g/mol. The van der Waals surface area contributed by atoms with Crippen LogP contribution in [0.1, 0.15) is 41.1 Å². The fourth-order valence-corrected chi connectivity index (χ4v) is 4.14. The molecule has 3 N–H and O–H groups in total. The number of alkyl halides is 3. The average Bonchev–Trinajstić information content (AvgIpc) is 3.16. The Morgan fingerprint density at radius 2 is 1.85 bits per heavy atom. The van der Waals surface area contributed by atoms with E-state index in [1.807, 2.05) is 14.0 Å². The van der Waals surface area contributed by atoms with Gasteiger partial charge in [0.2, 0.25) is 5.95 Å². The van der Waals surface area contributed by atoms with Crippen LogP contribution in [0.15, 0.2) is 24.4 Å². The largest absolute Gasteiger partial charge is 0.416 e. The number of aryl methyl sites for hydroxylation is 2. The summed E-state index contributed by atoms with van der Waals surface area (Å²) >= 11 is 6.18. The number of halogens is 4. The number of rotatable bonds is 5. The van der Waals surface area contributed by atoms with Crippen molar-refractivity contribution in [3.63, 3.8) is 0 Å². The van der Waals surface area contributed by atoms with Crippen molar-refractivity contribution in [2.75, 3.05) is 30.8 Å². The topological polar surface area (TPSA) is 81.8 Å². The quantitative estimate of drug-likeness (QED) is 0.430. The number of likely N-dealkylation sites (tertiary alicyclic amines) is 1. The van der Waals surface area contributed by atoms with E-state index in [0.29, 0.717) is 35.5 Å². The molecule has 0 atom stereocenters. The van der Waals surface area contributed by atoms with Gasteiger partial charge >= 0.3 is 6.18 Å². The summed E-state index contributed by atoms with van der Waals surface area (Å²) in [7, 11) is 1.99. The van der Waals surface area contributed by atoms with E-state index in [1.54, 1.807) is 19.1 Å². The highest BCUT2D eigenvalue weighted by molar-refractivity contribution is 6.32. The Hall–Kier alpha value is -2.85. The van der Waals surface area contributed by atoms with E-state index in [4.69, 9.17) is 11.6 Å². The highest BCUT2D eigenvalue weighted by Gasteiger charge is 2.36. The molecule has 176 valence electrons. The van der Waals surface area contributed by atoms with Crippen LogP contribution < -0.4 is 10.6 Å². The number of hydrogen-bond acceptors (Lipinski definition) is 6. The molecule has 1 aliphatic heterocycles. The number of hydrogen-bond donors (Lipinski definition) is 3. The van der Waals surface area contributed by atoms with Gasteiger partial charge in [-0.15, -0.1) is 0 Å². The van der Waals surface area contributed by atoms with Crippen molar-refractivity contribution < 1.29 is 13.2 Å². The minimum atomic E-state index is -4.46. The predicted octanol–water partition coefficient (Wildman–Crippen LogP) is 5.79. The van der Waals surface area contributed by atoms with Crippen LogP contribution in [0, 0.1) is 13.8 Å². The van der Waals surface area contributed by atoms with Crippen molar-refractivity contribution in [3.8, 4) is 0 Å². The minimum Gasteiger partial charge on any atom is -0.324 e. The highest BCUT2D eigenvalue weighted by Crippen LogP contribution is 2.41.